The summed E-state index contributed by atoms with van der Waals surface area (Å²) >= 11 is 1.33. The summed E-state index contributed by atoms with van der Waals surface area (Å²) < 4.78 is 5.14. The van der Waals surface area contributed by atoms with Crippen molar-refractivity contribution < 1.29 is 14.3 Å². The Bertz CT molecular complexity index is 600. The molecule has 6 nitrogen and oxygen atoms in total. The van der Waals surface area contributed by atoms with E-state index in [0.29, 0.717) is 5.17 Å². The van der Waals surface area contributed by atoms with Crippen LogP contribution in [0.25, 0.3) is 0 Å². The van der Waals surface area contributed by atoms with Gasteiger partial charge < -0.3 is 10.1 Å². The lowest BCUT2D eigenvalue weighted by Crippen LogP contribution is -2.37. The molecule has 21 heavy (non-hydrogen) atoms. The fourth-order valence-electron chi connectivity index (χ4n) is 2.09. The van der Waals surface area contributed by atoms with Crippen molar-refractivity contribution in [1.29, 1.82) is 0 Å². The largest absolute Gasteiger partial charge is 0.497 e. The van der Waals surface area contributed by atoms with Gasteiger partial charge in [-0.1, -0.05) is 23.9 Å². The van der Waals surface area contributed by atoms with Gasteiger partial charge in [-0.05, 0) is 24.6 Å². The molecular weight excluding hydrogens is 290 g/mol. The monoisotopic (exact) mass is 307 g/mol. The van der Waals surface area contributed by atoms with Crippen molar-refractivity contribution in [2.24, 2.45) is 5.10 Å². The van der Waals surface area contributed by atoms with Crippen LogP contribution in [0.15, 0.2) is 29.4 Å². The first-order valence-electron chi connectivity index (χ1n) is 6.37. The molecular formula is C14H17N3O3S. The van der Waals surface area contributed by atoms with Crippen LogP contribution in [-0.2, 0) is 14.5 Å². The van der Waals surface area contributed by atoms with E-state index in [1.54, 1.807) is 7.11 Å². The highest BCUT2D eigenvalue weighted by Gasteiger charge is 2.43. The minimum absolute atomic E-state index is 0.193. The smallest absolute Gasteiger partial charge is 0.241 e. The maximum atomic E-state index is 11.9. The number of benzene rings is 1. The summed E-state index contributed by atoms with van der Waals surface area (Å²) in [5.41, 5.74) is 0.896. The molecule has 1 heterocycles. The molecule has 1 aromatic rings. The maximum Gasteiger partial charge on any atom is 0.241 e. The SMILES string of the molecule is COc1ccc([C@]2(C)SC(NC(C)=O)=NN2C(C)=O)cc1. The number of carbonyl (C=O) groups is 2. The van der Waals surface area contributed by atoms with E-state index in [4.69, 9.17) is 4.74 Å². The molecule has 0 bridgehead atoms. The lowest BCUT2D eigenvalue weighted by atomic mass is 10.1. The summed E-state index contributed by atoms with van der Waals surface area (Å²) in [4.78, 5) is 22.3. The van der Waals surface area contributed by atoms with Crippen LogP contribution in [0.3, 0.4) is 0 Å². The van der Waals surface area contributed by atoms with Gasteiger partial charge in [0.15, 0.2) is 5.17 Å². The minimum atomic E-state index is -0.699. The first-order chi connectivity index (χ1) is 9.86. The first-order valence-corrected chi connectivity index (χ1v) is 7.19. The van der Waals surface area contributed by atoms with E-state index in [1.807, 2.05) is 31.2 Å². The van der Waals surface area contributed by atoms with E-state index in [1.165, 1.54) is 30.6 Å². The number of methoxy groups -OCH3 is 1. The van der Waals surface area contributed by atoms with Crippen LogP contribution >= 0.6 is 11.8 Å². The standard InChI is InChI=1S/C14H17N3O3S/c1-9(18)15-13-16-17(10(2)19)14(3,21-13)11-5-7-12(20-4)8-6-11/h5-8H,1-4H3,(H,15,16,18)/t14-/m0/s1. The Morgan fingerprint density at radius 2 is 1.90 bits per heavy atom. The molecule has 0 unspecified atom stereocenters. The summed E-state index contributed by atoms with van der Waals surface area (Å²) in [7, 11) is 1.60. The molecule has 0 saturated carbocycles. The third-order valence-corrected chi connectivity index (χ3v) is 4.28. The number of rotatable bonds is 2. The van der Waals surface area contributed by atoms with Crippen molar-refractivity contribution in [3.63, 3.8) is 0 Å². The van der Waals surface area contributed by atoms with Crippen LogP contribution < -0.4 is 10.1 Å². The third kappa shape index (κ3) is 3.02. The molecule has 0 spiro atoms. The van der Waals surface area contributed by atoms with Crippen LogP contribution in [0.4, 0.5) is 0 Å². The van der Waals surface area contributed by atoms with Crippen molar-refractivity contribution >= 4 is 28.7 Å². The van der Waals surface area contributed by atoms with E-state index in [9.17, 15) is 9.59 Å². The zero-order chi connectivity index (χ0) is 15.6. The molecule has 0 radical (unpaired) electrons. The number of hydrazone groups is 1. The quantitative estimate of drug-likeness (QED) is 0.905. The van der Waals surface area contributed by atoms with Gasteiger partial charge in [0.05, 0.1) is 7.11 Å². The summed E-state index contributed by atoms with van der Waals surface area (Å²) in [6.45, 7) is 4.74. The fourth-order valence-corrected chi connectivity index (χ4v) is 3.30. The maximum absolute atomic E-state index is 11.9. The molecule has 1 atom stereocenters. The van der Waals surface area contributed by atoms with Gasteiger partial charge in [0.2, 0.25) is 11.8 Å². The Labute approximate surface area is 127 Å². The number of hydrogen-bond acceptors (Lipinski definition) is 5. The highest BCUT2D eigenvalue weighted by atomic mass is 32.2. The Kier molecular flexibility index (Phi) is 4.22. The van der Waals surface area contributed by atoms with Crippen molar-refractivity contribution in [1.82, 2.24) is 10.3 Å². The van der Waals surface area contributed by atoms with Crippen molar-refractivity contribution in [2.75, 3.05) is 7.11 Å². The van der Waals surface area contributed by atoms with E-state index in [0.717, 1.165) is 11.3 Å². The molecule has 0 saturated heterocycles. The van der Waals surface area contributed by atoms with Gasteiger partial charge in [-0.25, -0.2) is 5.01 Å². The zero-order valence-corrected chi connectivity index (χ0v) is 13.2. The van der Waals surface area contributed by atoms with Crippen LogP contribution in [0.1, 0.15) is 26.3 Å². The Hall–Kier alpha value is -2.02. The molecule has 0 aliphatic carbocycles. The van der Waals surface area contributed by atoms with Gasteiger partial charge in [0.25, 0.3) is 0 Å². The predicted molar refractivity (Wildman–Crippen MR) is 81.7 cm³/mol. The molecule has 1 aliphatic heterocycles. The number of amides is 2. The predicted octanol–water partition coefficient (Wildman–Crippen LogP) is 1.87. The second-order valence-electron chi connectivity index (χ2n) is 4.73. The Morgan fingerprint density at radius 1 is 1.29 bits per heavy atom. The average molecular weight is 307 g/mol. The van der Waals surface area contributed by atoms with E-state index >= 15 is 0 Å². The van der Waals surface area contributed by atoms with Gasteiger partial charge in [-0.2, -0.15) is 0 Å². The van der Waals surface area contributed by atoms with Crippen LogP contribution in [0, 0.1) is 0 Å². The number of carbonyl (C=O) groups excluding carboxylic acids is 2. The first kappa shape index (κ1) is 15.4. The Balaban J connectivity index is 2.35. The number of ether oxygens (including phenoxy) is 1. The van der Waals surface area contributed by atoms with Crippen LogP contribution in [0.5, 0.6) is 5.75 Å². The molecule has 112 valence electrons. The number of nitrogens with zero attached hydrogens (tertiary/aromatic N) is 2. The van der Waals surface area contributed by atoms with Crippen molar-refractivity contribution in [2.45, 2.75) is 25.6 Å². The molecule has 1 N–H and O–H groups in total. The summed E-state index contributed by atoms with van der Waals surface area (Å²) in [5, 5.41) is 8.62. The number of amidine groups is 1. The van der Waals surface area contributed by atoms with Crippen molar-refractivity contribution in [3.8, 4) is 5.75 Å². The number of nitrogens with one attached hydrogen (secondary N) is 1. The van der Waals surface area contributed by atoms with Gasteiger partial charge >= 0.3 is 0 Å². The molecule has 7 heteroatoms. The minimum Gasteiger partial charge on any atom is -0.497 e. The lowest BCUT2D eigenvalue weighted by Gasteiger charge is -2.31. The summed E-state index contributed by atoms with van der Waals surface area (Å²) in [6, 6.07) is 7.42. The highest BCUT2D eigenvalue weighted by molar-refractivity contribution is 8.14. The van der Waals surface area contributed by atoms with Crippen LogP contribution in [0.2, 0.25) is 0 Å². The highest BCUT2D eigenvalue weighted by Crippen LogP contribution is 2.45. The van der Waals surface area contributed by atoms with Crippen LogP contribution in [-0.4, -0.2) is 29.1 Å². The second-order valence-corrected chi connectivity index (χ2v) is 6.12. The normalized spacial score (nSPS) is 21.0. The zero-order valence-electron chi connectivity index (χ0n) is 12.3. The van der Waals surface area contributed by atoms with E-state index < -0.39 is 4.87 Å². The Morgan fingerprint density at radius 3 is 2.38 bits per heavy atom. The molecule has 1 aliphatic rings. The van der Waals surface area contributed by atoms with Gasteiger partial charge in [-0.3, -0.25) is 9.59 Å². The van der Waals surface area contributed by atoms with Gasteiger partial charge in [0, 0.05) is 13.8 Å². The molecule has 2 amide bonds. The summed E-state index contributed by atoms with van der Waals surface area (Å²) in [5.74, 6) is 0.327. The third-order valence-electron chi connectivity index (χ3n) is 3.10. The van der Waals surface area contributed by atoms with Crippen molar-refractivity contribution in [3.05, 3.63) is 29.8 Å². The molecule has 0 aromatic heterocycles. The van der Waals surface area contributed by atoms with Gasteiger partial charge in [0.1, 0.15) is 10.6 Å². The summed E-state index contributed by atoms with van der Waals surface area (Å²) in [6.07, 6.45) is 0. The van der Waals surface area contributed by atoms with E-state index in [2.05, 4.69) is 10.4 Å². The molecule has 2 rings (SSSR count). The number of hydrogen-bond donors (Lipinski definition) is 1. The lowest BCUT2D eigenvalue weighted by molar-refractivity contribution is -0.131. The van der Waals surface area contributed by atoms with E-state index in [-0.39, 0.29) is 11.8 Å². The second kappa shape index (κ2) is 5.77. The molecule has 1 aromatic carbocycles. The number of thioether (sulfide) groups is 1. The fraction of sp³-hybridized carbons (Fsp3) is 0.357. The average Bonchev–Trinajstić information content (AvgIpc) is 2.76. The molecule has 0 fully saturated rings. The topological polar surface area (TPSA) is 71.0 Å². The van der Waals surface area contributed by atoms with Gasteiger partial charge in [-0.15, -0.1) is 5.10 Å².